The molecule has 0 atom stereocenters. The molecule has 102 valence electrons. The van der Waals surface area contributed by atoms with Crippen LogP contribution in [0.2, 0.25) is 0 Å². The van der Waals surface area contributed by atoms with Crippen LogP contribution in [0.3, 0.4) is 0 Å². The normalized spacial score (nSPS) is 11.1. The van der Waals surface area contributed by atoms with E-state index in [0.717, 1.165) is 0 Å². The van der Waals surface area contributed by atoms with E-state index in [1.54, 1.807) is 0 Å². The molecule has 0 aliphatic carbocycles. The molecule has 3 aromatic rings. The van der Waals surface area contributed by atoms with Crippen LogP contribution in [0.25, 0.3) is 6.08 Å². The average Bonchev–Trinajstić information content (AvgIpc) is 2.58. The van der Waals surface area contributed by atoms with Crippen molar-refractivity contribution in [3.63, 3.8) is 0 Å². The van der Waals surface area contributed by atoms with Crippen LogP contribution in [-0.4, -0.2) is 21.8 Å². The first-order valence-corrected chi connectivity index (χ1v) is 12.5. The Balaban J connectivity index is 1.96. The Hall–Kier alpha value is -1.72. The number of hydrogen-bond acceptors (Lipinski definition) is 0. The molecule has 0 unspecified atom stereocenters. The third kappa shape index (κ3) is 3.89. The molecule has 0 aliphatic rings. The van der Waals surface area contributed by atoms with E-state index in [1.165, 1.54) is 12.1 Å². The van der Waals surface area contributed by atoms with Gasteiger partial charge in [-0.1, -0.05) is 0 Å². The van der Waals surface area contributed by atoms with E-state index in [4.69, 9.17) is 0 Å². The summed E-state index contributed by atoms with van der Waals surface area (Å²) in [6, 6.07) is 32.5. The van der Waals surface area contributed by atoms with Gasteiger partial charge in [-0.3, -0.25) is 0 Å². The first-order chi connectivity index (χ1) is 10.4. The second-order valence-corrected chi connectivity index (χ2v) is 12.8. The van der Waals surface area contributed by atoms with Gasteiger partial charge >= 0.3 is 135 Å². The predicted octanol–water partition coefficient (Wildman–Crippen LogP) is 3.55. The molecule has 0 heterocycles. The van der Waals surface area contributed by atoms with Gasteiger partial charge in [0.05, 0.1) is 0 Å². The summed E-state index contributed by atoms with van der Waals surface area (Å²) in [6.07, 6.45) is 2.29. The molecule has 0 aromatic heterocycles. The van der Waals surface area contributed by atoms with Crippen molar-refractivity contribution in [3.8, 4) is 0 Å². The third-order valence-corrected chi connectivity index (χ3v) is 11.7. The molecule has 3 aromatic carbocycles. The van der Waals surface area contributed by atoms with E-state index in [9.17, 15) is 0 Å². The standard InChI is InChI=1S/C8H7.2C6H5.Bi/c1-2-8-6-4-3-5-7-8;2*1-2-4-6-5-3-1;/h1-7H;2*1-5H;. The minimum atomic E-state index is -2.04. The van der Waals surface area contributed by atoms with Gasteiger partial charge in [0, 0.05) is 0 Å². The van der Waals surface area contributed by atoms with E-state index in [1.807, 2.05) is 0 Å². The van der Waals surface area contributed by atoms with Crippen molar-refractivity contribution in [2.75, 3.05) is 0 Å². The fraction of sp³-hybridized carbons (Fsp3) is 0. The summed E-state index contributed by atoms with van der Waals surface area (Å²) in [5.74, 6) is 0. The summed E-state index contributed by atoms with van der Waals surface area (Å²) >= 11 is -2.04. The summed E-state index contributed by atoms with van der Waals surface area (Å²) in [7, 11) is 0. The molecule has 3 rings (SSSR count). The quantitative estimate of drug-likeness (QED) is 0.517. The van der Waals surface area contributed by atoms with Crippen LogP contribution in [0.4, 0.5) is 0 Å². The van der Waals surface area contributed by atoms with E-state index in [0.29, 0.717) is 0 Å². The molecule has 0 saturated carbocycles. The Morgan fingerprint density at radius 2 is 0.952 bits per heavy atom. The molecule has 1 heteroatoms. The second kappa shape index (κ2) is 7.34. The van der Waals surface area contributed by atoms with Crippen molar-refractivity contribution < 1.29 is 0 Å². The molecule has 0 amide bonds. The van der Waals surface area contributed by atoms with Gasteiger partial charge in [-0.25, -0.2) is 0 Å². The van der Waals surface area contributed by atoms with Gasteiger partial charge in [0.1, 0.15) is 0 Å². The number of hydrogen-bond donors (Lipinski definition) is 0. The van der Waals surface area contributed by atoms with Crippen LogP contribution in [0.1, 0.15) is 5.56 Å². The van der Waals surface area contributed by atoms with Crippen LogP contribution in [0, 0.1) is 0 Å². The van der Waals surface area contributed by atoms with Gasteiger partial charge in [0.15, 0.2) is 0 Å². The van der Waals surface area contributed by atoms with Crippen LogP contribution < -0.4 is 6.54 Å². The summed E-state index contributed by atoms with van der Waals surface area (Å²) < 4.78 is 5.52. The van der Waals surface area contributed by atoms with Gasteiger partial charge in [-0.15, -0.1) is 0 Å². The predicted molar refractivity (Wildman–Crippen MR) is 93.4 cm³/mol. The van der Waals surface area contributed by atoms with Crippen molar-refractivity contribution in [1.82, 2.24) is 0 Å². The van der Waals surface area contributed by atoms with E-state index < -0.39 is 21.8 Å². The van der Waals surface area contributed by atoms with Crippen LogP contribution in [-0.2, 0) is 0 Å². The zero-order valence-corrected chi connectivity index (χ0v) is 15.2. The molecule has 21 heavy (non-hydrogen) atoms. The molecule has 0 aliphatic heterocycles. The summed E-state index contributed by atoms with van der Waals surface area (Å²) in [5.41, 5.74) is 1.28. The van der Waals surface area contributed by atoms with E-state index >= 15 is 0 Å². The third-order valence-electron chi connectivity index (χ3n) is 3.28. The molecule has 0 spiro atoms. The average molecular weight is 466 g/mol. The summed E-state index contributed by atoms with van der Waals surface area (Å²) in [5, 5.41) is 0. The van der Waals surface area contributed by atoms with Crippen LogP contribution in [0.15, 0.2) is 94.8 Å². The fourth-order valence-corrected chi connectivity index (χ4v) is 9.80. The molecular formula is C20H17Bi. The maximum atomic E-state index is 2.48. The zero-order valence-electron chi connectivity index (χ0n) is 11.8. The summed E-state index contributed by atoms with van der Waals surface area (Å²) in [6.45, 7) is 0. The number of rotatable bonds is 4. The van der Waals surface area contributed by atoms with Gasteiger partial charge < -0.3 is 0 Å². The van der Waals surface area contributed by atoms with E-state index in [-0.39, 0.29) is 0 Å². The van der Waals surface area contributed by atoms with Gasteiger partial charge in [-0.2, -0.15) is 0 Å². The van der Waals surface area contributed by atoms with Crippen molar-refractivity contribution in [2.45, 2.75) is 0 Å². The minimum absolute atomic E-state index is 1.28. The van der Waals surface area contributed by atoms with Crippen LogP contribution >= 0.6 is 0 Å². The first-order valence-electron chi connectivity index (χ1n) is 7.06. The van der Waals surface area contributed by atoms with Crippen molar-refractivity contribution >= 4 is 34.4 Å². The molecule has 0 fully saturated rings. The summed E-state index contributed by atoms with van der Waals surface area (Å²) in [4.78, 5) is 0. The van der Waals surface area contributed by atoms with E-state index in [2.05, 4.69) is 101 Å². The zero-order chi connectivity index (χ0) is 14.3. The second-order valence-electron chi connectivity index (χ2n) is 4.77. The topological polar surface area (TPSA) is 0 Å². The Bertz CT molecular complexity index is 648. The Morgan fingerprint density at radius 1 is 0.524 bits per heavy atom. The molecule has 0 saturated heterocycles. The van der Waals surface area contributed by atoms with Crippen LogP contribution in [0.5, 0.6) is 0 Å². The molecule has 0 radical (unpaired) electrons. The van der Waals surface area contributed by atoms with Gasteiger partial charge in [0.25, 0.3) is 0 Å². The Labute approximate surface area is 134 Å². The fourth-order valence-electron chi connectivity index (χ4n) is 2.22. The van der Waals surface area contributed by atoms with Crippen molar-refractivity contribution in [2.24, 2.45) is 0 Å². The molecule has 0 nitrogen and oxygen atoms in total. The Morgan fingerprint density at radius 3 is 1.43 bits per heavy atom. The van der Waals surface area contributed by atoms with Crippen molar-refractivity contribution in [1.29, 1.82) is 0 Å². The van der Waals surface area contributed by atoms with Gasteiger partial charge in [-0.05, 0) is 0 Å². The van der Waals surface area contributed by atoms with Crippen molar-refractivity contribution in [3.05, 3.63) is 100 Å². The SMILES string of the molecule is C(=[CH][Bi]([c]1ccccc1)[c]1ccccc1)c1ccccc1. The number of benzene rings is 3. The molecular weight excluding hydrogens is 449 g/mol. The first kappa shape index (κ1) is 14.2. The monoisotopic (exact) mass is 466 g/mol. The molecule has 0 N–H and O–H groups in total. The maximum absolute atomic E-state index is 2.48. The van der Waals surface area contributed by atoms with Gasteiger partial charge in [0.2, 0.25) is 0 Å². The molecule has 0 bridgehead atoms. The Kier molecular flexibility index (Phi) is 4.97.